The van der Waals surface area contributed by atoms with E-state index >= 15 is 0 Å². The number of aryl methyl sites for hydroxylation is 1. The minimum Gasteiger partial charge on any atom is -0.360 e. The predicted octanol–water partition coefficient (Wildman–Crippen LogP) is 3.17. The van der Waals surface area contributed by atoms with Crippen LogP contribution in [0, 0.1) is 0 Å². The van der Waals surface area contributed by atoms with Gasteiger partial charge in [0.15, 0.2) is 0 Å². The monoisotopic (exact) mass is 346 g/mol. The van der Waals surface area contributed by atoms with Crippen molar-refractivity contribution in [2.24, 2.45) is 5.14 Å². The lowest BCUT2D eigenvalue weighted by atomic mass is 9.98. The van der Waals surface area contributed by atoms with Gasteiger partial charge in [-0.15, -0.1) is 0 Å². The molecule has 0 atom stereocenters. The van der Waals surface area contributed by atoms with Crippen LogP contribution in [-0.4, -0.2) is 20.2 Å². The number of nitrogens with two attached hydrogens (primary N) is 1. The van der Waals surface area contributed by atoms with E-state index in [1.807, 2.05) is 30.3 Å². The zero-order valence-corrected chi connectivity index (χ0v) is 13.5. The van der Waals surface area contributed by atoms with E-state index in [2.05, 4.69) is 5.16 Å². The molecule has 0 saturated carbocycles. The molecule has 0 aliphatic heterocycles. The van der Waals surface area contributed by atoms with E-state index in [1.165, 1.54) is 12.1 Å². The third-order valence-corrected chi connectivity index (χ3v) is 4.53. The van der Waals surface area contributed by atoms with Crippen molar-refractivity contribution in [1.29, 1.82) is 0 Å². The van der Waals surface area contributed by atoms with Crippen LogP contribution in [0.5, 0.6) is 0 Å². The number of primary sulfonamides is 1. The molecular formula is C17H15FN2O3S. The summed E-state index contributed by atoms with van der Waals surface area (Å²) in [5.74, 6) is 0.416. The number of hydrogen-bond acceptors (Lipinski definition) is 4. The number of halogens is 1. The minimum absolute atomic E-state index is 0.0102. The van der Waals surface area contributed by atoms with Gasteiger partial charge >= 0.3 is 0 Å². The van der Waals surface area contributed by atoms with Crippen LogP contribution < -0.4 is 5.14 Å². The Bertz CT molecular complexity index is 936. The first-order valence-electron chi connectivity index (χ1n) is 7.24. The largest absolute Gasteiger partial charge is 0.360 e. The van der Waals surface area contributed by atoms with Gasteiger partial charge in [-0.3, -0.25) is 4.39 Å². The number of sulfonamides is 1. The fourth-order valence-electron chi connectivity index (χ4n) is 2.48. The van der Waals surface area contributed by atoms with Gasteiger partial charge in [0.05, 0.1) is 17.1 Å². The van der Waals surface area contributed by atoms with E-state index in [0.717, 1.165) is 5.56 Å². The molecule has 2 N–H and O–H groups in total. The molecule has 0 fully saturated rings. The molecule has 0 unspecified atom stereocenters. The van der Waals surface area contributed by atoms with Gasteiger partial charge in [-0.05, 0) is 17.7 Å². The maximum absolute atomic E-state index is 12.8. The number of nitrogens with zero attached hydrogens (tertiary/aromatic N) is 1. The number of hydrogen-bond donors (Lipinski definition) is 1. The number of aromatic nitrogens is 1. The number of alkyl halides is 1. The molecule has 0 aliphatic rings. The van der Waals surface area contributed by atoms with Gasteiger partial charge in [-0.2, -0.15) is 0 Å². The van der Waals surface area contributed by atoms with Crippen molar-refractivity contribution in [2.45, 2.75) is 11.3 Å². The van der Waals surface area contributed by atoms with Crippen LogP contribution in [0.4, 0.5) is 4.39 Å². The second kappa shape index (κ2) is 6.54. The highest BCUT2D eigenvalue weighted by atomic mass is 32.2. The van der Waals surface area contributed by atoms with Crippen LogP contribution >= 0.6 is 0 Å². The quantitative estimate of drug-likeness (QED) is 0.769. The molecule has 1 aromatic heterocycles. The zero-order chi connectivity index (χ0) is 17.2. The molecule has 3 aromatic rings. The molecule has 5 nitrogen and oxygen atoms in total. The van der Waals surface area contributed by atoms with Crippen molar-refractivity contribution in [2.75, 3.05) is 6.67 Å². The van der Waals surface area contributed by atoms with Crippen molar-refractivity contribution in [3.8, 4) is 22.4 Å². The van der Waals surface area contributed by atoms with Crippen LogP contribution in [0.2, 0.25) is 0 Å². The van der Waals surface area contributed by atoms with E-state index in [1.54, 1.807) is 12.1 Å². The van der Waals surface area contributed by atoms with Gasteiger partial charge in [0, 0.05) is 12.0 Å². The lowest BCUT2D eigenvalue weighted by Gasteiger charge is -2.05. The molecule has 0 saturated heterocycles. The first-order chi connectivity index (χ1) is 11.5. The van der Waals surface area contributed by atoms with Crippen molar-refractivity contribution >= 4 is 10.0 Å². The average Bonchev–Trinajstić information content (AvgIpc) is 2.99. The number of benzene rings is 2. The van der Waals surface area contributed by atoms with Crippen LogP contribution in [-0.2, 0) is 16.4 Å². The van der Waals surface area contributed by atoms with Crippen molar-refractivity contribution in [3.63, 3.8) is 0 Å². The molecule has 0 aliphatic carbocycles. The summed E-state index contributed by atoms with van der Waals surface area (Å²) in [6, 6.07) is 15.4. The SMILES string of the molecule is NS(=O)(=O)c1ccc(-c2c(-c3ccccc3)noc2CCF)cc1. The summed E-state index contributed by atoms with van der Waals surface area (Å²) in [5, 5.41) is 9.18. The summed E-state index contributed by atoms with van der Waals surface area (Å²) in [4.78, 5) is 0.0102. The van der Waals surface area contributed by atoms with Crippen molar-refractivity contribution in [1.82, 2.24) is 5.16 Å². The highest BCUT2D eigenvalue weighted by molar-refractivity contribution is 7.89. The third kappa shape index (κ3) is 3.22. The molecule has 1 heterocycles. The first kappa shape index (κ1) is 16.4. The van der Waals surface area contributed by atoms with Crippen LogP contribution in [0.15, 0.2) is 64.0 Å². The summed E-state index contributed by atoms with van der Waals surface area (Å²) < 4.78 is 40.9. The van der Waals surface area contributed by atoms with Crippen LogP contribution in [0.1, 0.15) is 5.76 Å². The summed E-state index contributed by atoms with van der Waals surface area (Å²) >= 11 is 0. The summed E-state index contributed by atoms with van der Waals surface area (Å²) in [5.41, 5.74) is 2.75. The van der Waals surface area contributed by atoms with Gasteiger partial charge in [0.2, 0.25) is 10.0 Å². The predicted molar refractivity (Wildman–Crippen MR) is 88.4 cm³/mol. The van der Waals surface area contributed by atoms with E-state index < -0.39 is 16.7 Å². The fourth-order valence-corrected chi connectivity index (χ4v) is 3.00. The summed E-state index contributed by atoms with van der Waals surface area (Å²) in [6.07, 6.45) is 0.0894. The van der Waals surface area contributed by atoms with E-state index in [-0.39, 0.29) is 11.3 Å². The molecule has 24 heavy (non-hydrogen) atoms. The smallest absolute Gasteiger partial charge is 0.238 e. The normalized spacial score (nSPS) is 11.6. The van der Waals surface area contributed by atoms with E-state index in [4.69, 9.17) is 9.66 Å². The van der Waals surface area contributed by atoms with Gasteiger partial charge in [-0.25, -0.2) is 13.6 Å². The molecule has 0 spiro atoms. The van der Waals surface area contributed by atoms with Gasteiger partial charge in [-0.1, -0.05) is 47.6 Å². The Balaban J connectivity index is 2.13. The highest BCUT2D eigenvalue weighted by Gasteiger charge is 2.19. The molecule has 124 valence electrons. The van der Waals surface area contributed by atoms with Gasteiger partial charge < -0.3 is 4.52 Å². The average molecular weight is 346 g/mol. The highest BCUT2D eigenvalue weighted by Crippen LogP contribution is 2.35. The molecule has 2 aromatic carbocycles. The molecule has 0 amide bonds. The lowest BCUT2D eigenvalue weighted by molar-refractivity contribution is 0.366. The summed E-state index contributed by atoms with van der Waals surface area (Å²) in [6.45, 7) is -0.578. The molecule has 3 rings (SSSR count). The van der Waals surface area contributed by atoms with Crippen LogP contribution in [0.3, 0.4) is 0 Å². The fraction of sp³-hybridized carbons (Fsp3) is 0.118. The van der Waals surface area contributed by atoms with E-state index in [9.17, 15) is 12.8 Å². The summed E-state index contributed by atoms with van der Waals surface area (Å²) in [7, 11) is -3.77. The first-order valence-corrected chi connectivity index (χ1v) is 8.78. The molecular weight excluding hydrogens is 331 g/mol. The topological polar surface area (TPSA) is 86.2 Å². The second-order valence-corrected chi connectivity index (χ2v) is 6.77. The zero-order valence-electron chi connectivity index (χ0n) is 12.6. The Kier molecular flexibility index (Phi) is 4.46. The molecule has 0 radical (unpaired) electrons. The molecule has 0 bridgehead atoms. The lowest BCUT2D eigenvalue weighted by Crippen LogP contribution is -2.11. The van der Waals surface area contributed by atoms with Crippen molar-refractivity contribution in [3.05, 3.63) is 60.4 Å². The minimum atomic E-state index is -3.77. The van der Waals surface area contributed by atoms with Gasteiger partial charge in [0.1, 0.15) is 11.5 Å². The Labute approximate surface area is 139 Å². The Hall–Kier alpha value is -2.51. The Morgan fingerprint density at radius 1 is 1.00 bits per heavy atom. The standard InChI is InChI=1S/C17H15FN2O3S/c18-11-10-15-16(12-6-8-14(9-7-12)24(19,21)22)17(20-23-15)13-4-2-1-3-5-13/h1-9H,10-11H2,(H2,19,21,22). The van der Waals surface area contributed by atoms with E-state index in [0.29, 0.717) is 22.6 Å². The maximum Gasteiger partial charge on any atom is 0.238 e. The number of rotatable bonds is 5. The van der Waals surface area contributed by atoms with Crippen molar-refractivity contribution < 1.29 is 17.3 Å². The maximum atomic E-state index is 12.8. The Morgan fingerprint density at radius 2 is 1.67 bits per heavy atom. The third-order valence-electron chi connectivity index (χ3n) is 3.60. The molecule has 7 heteroatoms. The van der Waals surface area contributed by atoms with Gasteiger partial charge in [0.25, 0.3) is 0 Å². The van der Waals surface area contributed by atoms with Crippen LogP contribution in [0.25, 0.3) is 22.4 Å². The second-order valence-electron chi connectivity index (χ2n) is 5.20. The Morgan fingerprint density at radius 3 is 2.25 bits per heavy atom.